The number of hydrogen-bond acceptors (Lipinski definition) is 5. The maximum absolute atomic E-state index is 13.1. The van der Waals surface area contributed by atoms with Gasteiger partial charge >= 0.3 is 0 Å². The largest absolute Gasteiger partial charge is 0.495 e. The van der Waals surface area contributed by atoms with Gasteiger partial charge in [0.2, 0.25) is 5.91 Å². The van der Waals surface area contributed by atoms with Gasteiger partial charge < -0.3 is 15.0 Å². The number of nitrogens with one attached hydrogen (secondary N) is 2. The molecule has 33 heavy (non-hydrogen) atoms. The van der Waals surface area contributed by atoms with E-state index in [1.807, 2.05) is 0 Å². The van der Waals surface area contributed by atoms with E-state index in [4.69, 9.17) is 4.74 Å². The summed E-state index contributed by atoms with van der Waals surface area (Å²) in [6, 6.07) is 12.6. The van der Waals surface area contributed by atoms with Crippen LogP contribution in [0.3, 0.4) is 0 Å². The molecule has 1 heterocycles. The smallest absolute Gasteiger partial charge is 0.262 e. The average Bonchev–Trinajstić information content (AvgIpc) is 2.84. The van der Waals surface area contributed by atoms with Gasteiger partial charge in [-0.3, -0.25) is 14.3 Å². The van der Waals surface area contributed by atoms with Crippen LogP contribution in [0.1, 0.15) is 43.0 Å². The van der Waals surface area contributed by atoms with Gasteiger partial charge in [-0.2, -0.15) is 0 Å². The van der Waals surface area contributed by atoms with Crippen LogP contribution in [0.2, 0.25) is 0 Å². The molecule has 0 radical (unpaired) electrons. The lowest BCUT2D eigenvalue weighted by Crippen LogP contribution is -2.45. The van der Waals surface area contributed by atoms with Crippen molar-refractivity contribution in [2.75, 3.05) is 31.5 Å². The first-order valence-electron chi connectivity index (χ1n) is 11.2. The Morgan fingerprint density at radius 2 is 1.94 bits per heavy atom. The van der Waals surface area contributed by atoms with Crippen molar-refractivity contribution in [2.24, 2.45) is 5.92 Å². The summed E-state index contributed by atoms with van der Waals surface area (Å²) in [7, 11) is -2.47. The Hall–Kier alpha value is -3.07. The number of amides is 2. The highest BCUT2D eigenvalue weighted by Gasteiger charge is 2.29. The number of carbonyl (C=O) groups excluding carboxylic acids is 2. The second-order valence-electron chi connectivity index (χ2n) is 8.07. The first kappa shape index (κ1) is 24.6. The summed E-state index contributed by atoms with van der Waals surface area (Å²) in [5.41, 5.74) is 0.578. The molecule has 1 unspecified atom stereocenters. The number of likely N-dealkylation sites (tertiary alicyclic amines) is 1. The van der Waals surface area contributed by atoms with Crippen LogP contribution in [0.4, 0.5) is 5.69 Å². The average molecular weight is 474 g/mol. The number of anilines is 1. The summed E-state index contributed by atoms with van der Waals surface area (Å²) in [6.45, 7) is 3.56. The molecule has 1 saturated heterocycles. The molecule has 0 bridgehead atoms. The number of rotatable bonds is 9. The molecule has 178 valence electrons. The predicted octanol–water partition coefficient (Wildman–Crippen LogP) is 3.26. The zero-order chi connectivity index (χ0) is 23.8. The van der Waals surface area contributed by atoms with Crippen LogP contribution < -0.4 is 14.8 Å². The lowest BCUT2D eigenvalue weighted by molar-refractivity contribution is -0.126. The first-order valence-corrected chi connectivity index (χ1v) is 12.7. The third kappa shape index (κ3) is 6.25. The second kappa shape index (κ2) is 11.2. The van der Waals surface area contributed by atoms with Crippen molar-refractivity contribution in [3.05, 3.63) is 54.1 Å². The molecule has 1 atom stereocenters. The Morgan fingerprint density at radius 1 is 1.15 bits per heavy atom. The fourth-order valence-electron chi connectivity index (χ4n) is 3.82. The molecule has 2 aromatic carbocycles. The number of ether oxygens (including phenoxy) is 1. The van der Waals surface area contributed by atoms with E-state index in [0.29, 0.717) is 31.1 Å². The van der Waals surface area contributed by atoms with Crippen molar-refractivity contribution in [1.82, 2.24) is 10.2 Å². The van der Waals surface area contributed by atoms with E-state index in [1.54, 1.807) is 41.3 Å². The maximum atomic E-state index is 13.1. The van der Waals surface area contributed by atoms with Crippen LogP contribution in [0.5, 0.6) is 5.75 Å². The predicted molar refractivity (Wildman–Crippen MR) is 127 cm³/mol. The maximum Gasteiger partial charge on any atom is 0.262 e. The van der Waals surface area contributed by atoms with Crippen LogP contribution in [-0.2, 0) is 14.8 Å². The normalized spacial score (nSPS) is 16.2. The standard InChI is InChI=1S/C24H31N3O5S/c1-3-4-14-25-23(28)19-10-8-15-27(17-19)24(29)18-9-7-11-20(16-18)33(30,31)26-21-12-5-6-13-22(21)32-2/h5-7,9,11-13,16,19,26H,3-4,8,10,14-15,17H2,1-2H3,(H,25,28). The Morgan fingerprint density at radius 3 is 2.70 bits per heavy atom. The third-order valence-corrected chi connectivity index (χ3v) is 7.01. The molecule has 0 spiro atoms. The molecule has 0 aliphatic carbocycles. The summed E-state index contributed by atoms with van der Waals surface area (Å²) in [4.78, 5) is 27.2. The van der Waals surface area contributed by atoms with Crippen LogP contribution in [-0.4, -0.2) is 51.9 Å². The summed E-state index contributed by atoms with van der Waals surface area (Å²) in [6.07, 6.45) is 3.38. The van der Waals surface area contributed by atoms with Crippen LogP contribution in [0.15, 0.2) is 53.4 Å². The fraction of sp³-hybridized carbons (Fsp3) is 0.417. The zero-order valence-electron chi connectivity index (χ0n) is 19.0. The monoisotopic (exact) mass is 473 g/mol. The van der Waals surface area contributed by atoms with E-state index in [1.165, 1.54) is 19.2 Å². The fourth-order valence-corrected chi connectivity index (χ4v) is 4.94. The molecule has 0 aromatic heterocycles. The molecule has 0 saturated carbocycles. The van der Waals surface area contributed by atoms with Crippen molar-refractivity contribution in [3.8, 4) is 5.75 Å². The number of carbonyl (C=O) groups is 2. The molecule has 2 aromatic rings. The number of piperidine rings is 1. The summed E-state index contributed by atoms with van der Waals surface area (Å²) < 4.78 is 33.6. The molecule has 2 N–H and O–H groups in total. The highest BCUT2D eigenvalue weighted by molar-refractivity contribution is 7.92. The second-order valence-corrected chi connectivity index (χ2v) is 9.75. The van der Waals surface area contributed by atoms with Crippen LogP contribution >= 0.6 is 0 Å². The highest BCUT2D eigenvalue weighted by atomic mass is 32.2. The summed E-state index contributed by atoms with van der Waals surface area (Å²) in [5.74, 6) is -0.169. The first-order chi connectivity index (χ1) is 15.9. The Bertz CT molecular complexity index is 1090. The van der Waals surface area contributed by atoms with Gasteiger partial charge in [-0.1, -0.05) is 31.5 Å². The SMILES string of the molecule is CCCCNC(=O)C1CCCN(C(=O)c2cccc(S(=O)(=O)Nc3ccccc3OC)c2)C1. The molecule has 2 amide bonds. The van der Waals surface area contributed by atoms with Crippen molar-refractivity contribution in [3.63, 3.8) is 0 Å². The summed E-state index contributed by atoms with van der Waals surface area (Å²) >= 11 is 0. The number of hydrogen-bond donors (Lipinski definition) is 2. The molecule has 9 heteroatoms. The number of benzene rings is 2. The van der Waals surface area contributed by atoms with Gasteiger partial charge in [-0.15, -0.1) is 0 Å². The van der Waals surface area contributed by atoms with E-state index in [-0.39, 0.29) is 28.2 Å². The number of methoxy groups -OCH3 is 1. The van der Waals surface area contributed by atoms with Crippen LogP contribution in [0.25, 0.3) is 0 Å². The van der Waals surface area contributed by atoms with Gasteiger partial charge in [0.1, 0.15) is 5.75 Å². The molecule has 3 rings (SSSR count). The van der Waals surface area contributed by atoms with Crippen molar-refractivity contribution >= 4 is 27.5 Å². The minimum absolute atomic E-state index is 0.0230. The van der Waals surface area contributed by atoms with Crippen LogP contribution in [0, 0.1) is 5.92 Å². The molecule has 8 nitrogen and oxygen atoms in total. The molecular weight excluding hydrogens is 442 g/mol. The van der Waals surface area contributed by atoms with Crippen molar-refractivity contribution < 1.29 is 22.7 Å². The van der Waals surface area contributed by atoms with Gasteiger partial charge in [-0.05, 0) is 49.6 Å². The Balaban J connectivity index is 1.73. The summed E-state index contributed by atoms with van der Waals surface area (Å²) in [5, 5.41) is 2.94. The van der Waals surface area contributed by atoms with E-state index < -0.39 is 10.0 Å². The topological polar surface area (TPSA) is 105 Å². The minimum Gasteiger partial charge on any atom is -0.495 e. The number of para-hydroxylation sites is 2. The van der Waals surface area contributed by atoms with Crippen molar-refractivity contribution in [2.45, 2.75) is 37.5 Å². The van der Waals surface area contributed by atoms with E-state index in [0.717, 1.165) is 25.7 Å². The molecule has 1 aliphatic heterocycles. The van der Waals surface area contributed by atoms with Crippen molar-refractivity contribution in [1.29, 1.82) is 0 Å². The van der Waals surface area contributed by atoms with Gasteiger partial charge in [0.15, 0.2) is 0 Å². The lowest BCUT2D eigenvalue weighted by Gasteiger charge is -2.32. The van der Waals surface area contributed by atoms with E-state index >= 15 is 0 Å². The number of unbranched alkanes of at least 4 members (excludes halogenated alkanes) is 1. The molecule has 1 aliphatic rings. The highest BCUT2D eigenvalue weighted by Crippen LogP contribution is 2.27. The minimum atomic E-state index is -3.93. The van der Waals surface area contributed by atoms with Gasteiger partial charge in [0, 0.05) is 25.2 Å². The molecular formula is C24H31N3O5S. The zero-order valence-corrected chi connectivity index (χ0v) is 19.9. The third-order valence-electron chi connectivity index (χ3n) is 5.65. The van der Waals surface area contributed by atoms with Gasteiger partial charge in [-0.25, -0.2) is 8.42 Å². The quantitative estimate of drug-likeness (QED) is 0.544. The Kier molecular flexibility index (Phi) is 8.32. The number of sulfonamides is 1. The van der Waals surface area contributed by atoms with E-state index in [9.17, 15) is 18.0 Å². The van der Waals surface area contributed by atoms with Gasteiger partial charge in [0.05, 0.1) is 23.6 Å². The van der Waals surface area contributed by atoms with E-state index in [2.05, 4.69) is 17.0 Å². The molecule has 1 fully saturated rings. The Labute approximate surface area is 195 Å². The lowest BCUT2D eigenvalue weighted by atomic mass is 9.96. The number of nitrogens with zero attached hydrogens (tertiary/aromatic N) is 1. The van der Waals surface area contributed by atoms with Gasteiger partial charge in [0.25, 0.3) is 15.9 Å².